The Kier molecular flexibility index (Phi) is 6.66. The molecule has 1 aliphatic heterocycles. The number of hydrogen-bond donors (Lipinski definition) is 5. The maximum atomic E-state index is 8.13. The van der Waals surface area contributed by atoms with Crippen molar-refractivity contribution in [3.8, 4) is 0 Å². The maximum Gasteiger partial charge on any atom is 0.124 e. The van der Waals surface area contributed by atoms with Gasteiger partial charge in [0.05, 0.1) is 0 Å². The van der Waals surface area contributed by atoms with Gasteiger partial charge in [0.2, 0.25) is 0 Å². The van der Waals surface area contributed by atoms with Crippen molar-refractivity contribution in [1.82, 2.24) is 16.0 Å². The Hall–Kier alpha value is -1.27. The van der Waals surface area contributed by atoms with Crippen molar-refractivity contribution in [2.24, 2.45) is 5.73 Å². The number of nitrogens with one attached hydrogen (secondary N) is 4. The number of nitrogens with two attached hydrogens (primary N) is 1. The van der Waals surface area contributed by atoms with Gasteiger partial charge in [-0.25, -0.2) is 0 Å². The highest BCUT2D eigenvalue weighted by Crippen LogP contribution is 2.08. The number of ether oxygens (including phenoxy) is 1. The average Bonchev–Trinajstić information content (AvgIpc) is 2.40. The van der Waals surface area contributed by atoms with Gasteiger partial charge < -0.3 is 26.4 Å². The minimum absolute atomic E-state index is 0.0776. The molecule has 19 heavy (non-hydrogen) atoms. The molecular formula is C13H27N5O. The van der Waals surface area contributed by atoms with Crippen LogP contribution in [-0.4, -0.2) is 44.7 Å². The molecular weight excluding hydrogens is 242 g/mol. The Labute approximate surface area is 115 Å². The van der Waals surface area contributed by atoms with Crippen molar-refractivity contribution >= 4 is 5.84 Å². The van der Waals surface area contributed by atoms with Crippen LogP contribution >= 0.6 is 0 Å². The highest BCUT2D eigenvalue weighted by atomic mass is 16.5. The standard InChI is InChI=1S/C13H27N5O/c1-9(14)8-17-13(16-3)10(2)12(15)18-11-4-6-19-7-5-11/h9,11,16-17H,4-8,14H2,1-3H3,(H2,15,18)/b13-10+. The lowest BCUT2D eigenvalue weighted by atomic mass is 10.1. The van der Waals surface area contributed by atoms with Crippen molar-refractivity contribution in [1.29, 1.82) is 5.41 Å². The van der Waals surface area contributed by atoms with Crippen LogP contribution in [0.4, 0.5) is 0 Å². The van der Waals surface area contributed by atoms with Crippen molar-refractivity contribution < 1.29 is 4.74 Å². The topological polar surface area (TPSA) is 95.2 Å². The molecule has 6 nitrogen and oxygen atoms in total. The zero-order chi connectivity index (χ0) is 14.3. The third-order valence-corrected chi connectivity index (χ3v) is 3.17. The first-order valence-electron chi connectivity index (χ1n) is 6.86. The lowest BCUT2D eigenvalue weighted by molar-refractivity contribution is 0.0824. The predicted molar refractivity (Wildman–Crippen MR) is 78.1 cm³/mol. The minimum Gasteiger partial charge on any atom is -0.381 e. The summed E-state index contributed by atoms with van der Waals surface area (Å²) in [7, 11) is 1.84. The van der Waals surface area contributed by atoms with Gasteiger partial charge >= 0.3 is 0 Å². The van der Waals surface area contributed by atoms with Crippen molar-refractivity contribution in [2.75, 3.05) is 26.8 Å². The molecule has 0 aromatic heterocycles. The summed E-state index contributed by atoms with van der Waals surface area (Å²) in [6, 6.07) is 0.413. The summed E-state index contributed by atoms with van der Waals surface area (Å²) in [5.41, 5.74) is 6.60. The monoisotopic (exact) mass is 269 g/mol. The molecule has 0 spiro atoms. The fourth-order valence-electron chi connectivity index (χ4n) is 1.95. The van der Waals surface area contributed by atoms with Crippen LogP contribution in [0.1, 0.15) is 26.7 Å². The molecule has 0 saturated carbocycles. The molecule has 1 aliphatic rings. The van der Waals surface area contributed by atoms with Crippen molar-refractivity contribution in [2.45, 2.75) is 38.8 Å². The SMILES string of the molecule is CN/C(NCC(C)N)=C(/C)C(=N)NC1CCOCC1. The van der Waals surface area contributed by atoms with Gasteiger partial charge in [-0.3, -0.25) is 5.41 Å². The largest absolute Gasteiger partial charge is 0.381 e. The smallest absolute Gasteiger partial charge is 0.124 e. The molecule has 0 aromatic carbocycles. The first-order valence-corrected chi connectivity index (χ1v) is 6.86. The van der Waals surface area contributed by atoms with Crippen molar-refractivity contribution in [3.63, 3.8) is 0 Å². The second kappa shape index (κ2) is 8.01. The van der Waals surface area contributed by atoms with Gasteiger partial charge in [-0.1, -0.05) is 0 Å². The quantitative estimate of drug-likeness (QED) is 0.349. The van der Waals surface area contributed by atoms with Crippen molar-refractivity contribution in [3.05, 3.63) is 11.4 Å². The third kappa shape index (κ3) is 5.48. The molecule has 1 saturated heterocycles. The molecule has 1 unspecified atom stereocenters. The molecule has 6 heteroatoms. The van der Waals surface area contributed by atoms with E-state index in [9.17, 15) is 0 Å². The second-order valence-electron chi connectivity index (χ2n) is 5.01. The highest BCUT2D eigenvalue weighted by molar-refractivity contribution is 5.96. The van der Waals surface area contributed by atoms with E-state index in [0.29, 0.717) is 18.4 Å². The van der Waals surface area contributed by atoms with E-state index in [-0.39, 0.29) is 6.04 Å². The molecule has 0 aromatic rings. The van der Waals surface area contributed by atoms with E-state index in [1.54, 1.807) is 0 Å². The molecule has 0 amide bonds. The van der Waals surface area contributed by atoms with E-state index in [1.165, 1.54) is 0 Å². The average molecular weight is 269 g/mol. The Balaban J connectivity index is 2.55. The lowest BCUT2D eigenvalue weighted by Crippen LogP contribution is -2.41. The molecule has 1 rings (SSSR count). The third-order valence-electron chi connectivity index (χ3n) is 3.17. The molecule has 0 bridgehead atoms. The minimum atomic E-state index is 0.0776. The summed E-state index contributed by atoms with van der Waals surface area (Å²) < 4.78 is 5.31. The zero-order valence-corrected chi connectivity index (χ0v) is 12.2. The van der Waals surface area contributed by atoms with E-state index >= 15 is 0 Å². The summed E-state index contributed by atoms with van der Waals surface area (Å²) in [5, 5.41) is 17.7. The summed E-state index contributed by atoms with van der Waals surface area (Å²) in [6.07, 6.45) is 1.91. The van der Waals surface area contributed by atoms with Gasteiger partial charge in [-0.05, 0) is 26.7 Å². The number of amidine groups is 1. The van der Waals surface area contributed by atoms with E-state index in [1.807, 2.05) is 20.9 Å². The predicted octanol–water partition coefficient (Wildman–Crippen LogP) is 0.120. The number of rotatable bonds is 6. The molecule has 0 aliphatic carbocycles. The van der Waals surface area contributed by atoms with Crippen LogP contribution in [0.15, 0.2) is 11.4 Å². The Morgan fingerprint density at radius 3 is 2.58 bits per heavy atom. The Morgan fingerprint density at radius 2 is 2.05 bits per heavy atom. The fourth-order valence-corrected chi connectivity index (χ4v) is 1.95. The zero-order valence-electron chi connectivity index (χ0n) is 12.2. The van der Waals surface area contributed by atoms with Gasteiger partial charge in [0.25, 0.3) is 0 Å². The maximum absolute atomic E-state index is 8.13. The fraction of sp³-hybridized carbons (Fsp3) is 0.769. The van der Waals surface area contributed by atoms with E-state index in [2.05, 4.69) is 16.0 Å². The summed E-state index contributed by atoms with van der Waals surface area (Å²) in [6.45, 7) is 6.10. The van der Waals surface area contributed by atoms with Gasteiger partial charge in [-0.2, -0.15) is 0 Å². The molecule has 110 valence electrons. The van der Waals surface area contributed by atoms with Crippen LogP contribution in [0, 0.1) is 5.41 Å². The summed E-state index contributed by atoms with van der Waals surface area (Å²) >= 11 is 0. The van der Waals surface area contributed by atoms with E-state index in [0.717, 1.165) is 37.4 Å². The van der Waals surface area contributed by atoms with Crippen LogP contribution in [0.3, 0.4) is 0 Å². The van der Waals surface area contributed by atoms with Crippen LogP contribution < -0.4 is 21.7 Å². The van der Waals surface area contributed by atoms with Gasteiger partial charge in [0.15, 0.2) is 0 Å². The molecule has 1 heterocycles. The van der Waals surface area contributed by atoms with E-state index < -0.39 is 0 Å². The number of hydrogen-bond acceptors (Lipinski definition) is 5. The molecule has 6 N–H and O–H groups in total. The second-order valence-corrected chi connectivity index (χ2v) is 5.01. The Morgan fingerprint density at radius 1 is 1.42 bits per heavy atom. The molecule has 1 fully saturated rings. The van der Waals surface area contributed by atoms with E-state index in [4.69, 9.17) is 15.9 Å². The van der Waals surface area contributed by atoms with Crippen LogP contribution in [0.25, 0.3) is 0 Å². The van der Waals surface area contributed by atoms with Gasteiger partial charge in [0, 0.05) is 44.5 Å². The van der Waals surface area contributed by atoms with Crippen LogP contribution in [0.5, 0.6) is 0 Å². The Bertz CT molecular complexity index is 321. The first kappa shape index (κ1) is 15.8. The summed E-state index contributed by atoms with van der Waals surface area (Å²) in [4.78, 5) is 0. The van der Waals surface area contributed by atoms with Gasteiger partial charge in [-0.15, -0.1) is 0 Å². The van der Waals surface area contributed by atoms with Crippen LogP contribution in [0.2, 0.25) is 0 Å². The summed E-state index contributed by atoms with van der Waals surface area (Å²) in [5.74, 6) is 1.30. The lowest BCUT2D eigenvalue weighted by Gasteiger charge is -2.25. The van der Waals surface area contributed by atoms with Gasteiger partial charge in [0.1, 0.15) is 11.7 Å². The normalized spacial score (nSPS) is 19.4. The highest BCUT2D eigenvalue weighted by Gasteiger charge is 2.16. The van der Waals surface area contributed by atoms with Crippen LogP contribution in [-0.2, 0) is 4.74 Å². The molecule has 0 radical (unpaired) electrons. The molecule has 1 atom stereocenters. The first-order chi connectivity index (χ1) is 9.04.